The first-order valence-electron chi connectivity index (χ1n) is 7.08. The topological polar surface area (TPSA) is 46.6 Å². The second-order valence-corrected chi connectivity index (χ2v) is 6.07. The minimum absolute atomic E-state index is 0.303. The van der Waals surface area contributed by atoms with Crippen LogP contribution in [0.25, 0.3) is 6.08 Å². The number of anilines is 1. The second-order valence-electron chi connectivity index (χ2n) is 5.08. The van der Waals surface area contributed by atoms with Gasteiger partial charge in [-0.3, -0.25) is 9.59 Å². The highest BCUT2D eigenvalue weighted by Crippen LogP contribution is 2.36. The van der Waals surface area contributed by atoms with E-state index in [2.05, 4.69) is 0 Å². The van der Waals surface area contributed by atoms with Crippen LogP contribution in [0.2, 0.25) is 0 Å². The molecule has 0 saturated carbocycles. The van der Waals surface area contributed by atoms with Gasteiger partial charge in [-0.25, -0.2) is 4.90 Å². The number of benzene rings is 2. The van der Waals surface area contributed by atoms with Gasteiger partial charge in [-0.05, 0) is 48.0 Å². The molecular weight excluding hydrogens is 310 g/mol. The first-order chi connectivity index (χ1) is 11.1. The zero-order chi connectivity index (χ0) is 16.4. The number of nitrogens with zero attached hydrogens (tertiary/aromatic N) is 1. The molecule has 0 unspecified atom stereocenters. The lowest BCUT2D eigenvalue weighted by molar-refractivity contribution is -0.113. The predicted molar refractivity (Wildman–Crippen MR) is 92.6 cm³/mol. The SMILES string of the molecule is COc1cccc(N2C(=O)S/C(=C\c3ccccc3C)C2=O)c1. The molecule has 0 bridgehead atoms. The lowest BCUT2D eigenvalue weighted by Gasteiger charge is -2.13. The predicted octanol–water partition coefficient (Wildman–Crippen LogP) is 4.24. The molecule has 1 aliphatic rings. The van der Waals surface area contributed by atoms with Gasteiger partial charge in [0.25, 0.3) is 11.1 Å². The monoisotopic (exact) mass is 325 g/mol. The molecule has 1 fully saturated rings. The van der Waals surface area contributed by atoms with E-state index in [9.17, 15) is 9.59 Å². The number of imide groups is 1. The Bertz CT molecular complexity index is 813. The van der Waals surface area contributed by atoms with Crippen molar-refractivity contribution in [1.82, 2.24) is 0 Å². The van der Waals surface area contributed by atoms with Crippen molar-refractivity contribution in [3.8, 4) is 5.75 Å². The van der Waals surface area contributed by atoms with Crippen LogP contribution in [0.3, 0.4) is 0 Å². The van der Waals surface area contributed by atoms with Gasteiger partial charge >= 0.3 is 0 Å². The highest BCUT2D eigenvalue weighted by atomic mass is 32.2. The molecule has 5 heteroatoms. The molecule has 2 aromatic carbocycles. The number of rotatable bonds is 3. The summed E-state index contributed by atoms with van der Waals surface area (Å²) in [7, 11) is 1.55. The van der Waals surface area contributed by atoms with Gasteiger partial charge in [-0.15, -0.1) is 0 Å². The molecule has 116 valence electrons. The van der Waals surface area contributed by atoms with E-state index in [1.165, 1.54) is 4.90 Å². The number of methoxy groups -OCH3 is 1. The Morgan fingerprint density at radius 2 is 1.87 bits per heavy atom. The summed E-state index contributed by atoms with van der Waals surface area (Å²) in [4.78, 5) is 26.5. The zero-order valence-corrected chi connectivity index (χ0v) is 13.6. The van der Waals surface area contributed by atoms with E-state index < -0.39 is 0 Å². The minimum atomic E-state index is -0.309. The summed E-state index contributed by atoms with van der Waals surface area (Å²) >= 11 is 0.951. The van der Waals surface area contributed by atoms with E-state index in [0.717, 1.165) is 22.9 Å². The number of hydrogen-bond donors (Lipinski definition) is 0. The Labute approximate surface area is 138 Å². The zero-order valence-electron chi connectivity index (χ0n) is 12.8. The Hall–Kier alpha value is -2.53. The molecule has 2 amide bonds. The largest absolute Gasteiger partial charge is 0.497 e. The summed E-state index contributed by atoms with van der Waals surface area (Å²) in [6.45, 7) is 1.97. The molecule has 0 aliphatic carbocycles. The van der Waals surface area contributed by atoms with Crippen molar-refractivity contribution < 1.29 is 14.3 Å². The van der Waals surface area contributed by atoms with Gasteiger partial charge < -0.3 is 4.74 Å². The van der Waals surface area contributed by atoms with Gasteiger partial charge in [-0.2, -0.15) is 0 Å². The third-order valence-corrected chi connectivity index (χ3v) is 4.45. The van der Waals surface area contributed by atoms with Gasteiger partial charge in [0.15, 0.2) is 0 Å². The number of ether oxygens (including phenoxy) is 1. The van der Waals surface area contributed by atoms with Crippen molar-refractivity contribution in [2.45, 2.75) is 6.92 Å². The smallest absolute Gasteiger partial charge is 0.298 e. The standard InChI is InChI=1S/C18H15NO3S/c1-12-6-3-4-7-13(12)10-16-17(20)19(18(21)23-16)14-8-5-9-15(11-14)22-2/h3-11H,1-2H3/b16-10-. The molecule has 2 aromatic rings. The Morgan fingerprint density at radius 1 is 1.09 bits per heavy atom. The van der Waals surface area contributed by atoms with Crippen LogP contribution in [0.4, 0.5) is 10.5 Å². The van der Waals surface area contributed by atoms with Crippen LogP contribution in [-0.2, 0) is 4.79 Å². The number of carbonyl (C=O) groups excluding carboxylic acids is 2. The fraction of sp³-hybridized carbons (Fsp3) is 0.111. The molecule has 4 nitrogen and oxygen atoms in total. The molecule has 23 heavy (non-hydrogen) atoms. The Morgan fingerprint density at radius 3 is 2.61 bits per heavy atom. The molecule has 0 spiro atoms. The molecular formula is C18H15NO3S. The first-order valence-corrected chi connectivity index (χ1v) is 7.89. The number of aryl methyl sites for hydroxylation is 1. The number of thioether (sulfide) groups is 1. The molecule has 1 saturated heterocycles. The minimum Gasteiger partial charge on any atom is -0.497 e. The Kier molecular flexibility index (Phi) is 4.21. The van der Waals surface area contributed by atoms with Crippen molar-refractivity contribution in [3.05, 3.63) is 64.6 Å². The van der Waals surface area contributed by atoms with E-state index in [0.29, 0.717) is 16.3 Å². The van der Waals surface area contributed by atoms with Crippen LogP contribution in [0.1, 0.15) is 11.1 Å². The van der Waals surface area contributed by atoms with E-state index >= 15 is 0 Å². The highest BCUT2D eigenvalue weighted by molar-refractivity contribution is 8.19. The van der Waals surface area contributed by atoms with Crippen LogP contribution in [0.5, 0.6) is 5.75 Å². The van der Waals surface area contributed by atoms with Crippen molar-refractivity contribution in [3.63, 3.8) is 0 Å². The molecule has 0 radical (unpaired) electrons. The molecule has 1 heterocycles. The van der Waals surface area contributed by atoms with E-state index in [1.54, 1.807) is 37.5 Å². The van der Waals surface area contributed by atoms with Gasteiger partial charge in [-0.1, -0.05) is 30.3 Å². The third-order valence-electron chi connectivity index (χ3n) is 3.58. The molecule has 0 aromatic heterocycles. The van der Waals surface area contributed by atoms with Crippen LogP contribution in [0, 0.1) is 6.92 Å². The molecule has 1 aliphatic heterocycles. The molecule has 0 N–H and O–H groups in total. The fourth-order valence-corrected chi connectivity index (χ4v) is 3.16. The average molecular weight is 325 g/mol. The molecule has 3 rings (SSSR count). The summed E-state index contributed by atoms with van der Waals surface area (Å²) in [5, 5.41) is -0.303. The average Bonchev–Trinajstić information content (AvgIpc) is 2.83. The summed E-state index contributed by atoms with van der Waals surface area (Å²) in [5.41, 5.74) is 2.50. The van der Waals surface area contributed by atoms with E-state index in [4.69, 9.17) is 4.74 Å². The number of amides is 2. The van der Waals surface area contributed by atoms with Crippen molar-refractivity contribution in [2.75, 3.05) is 12.0 Å². The van der Waals surface area contributed by atoms with Crippen LogP contribution < -0.4 is 9.64 Å². The number of carbonyl (C=O) groups is 2. The van der Waals surface area contributed by atoms with Gasteiger partial charge in [0.1, 0.15) is 5.75 Å². The van der Waals surface area contributed by atoms with Crippen LogP contribution in [-0.4, -0.2) is 18.3 Å². The van der Waals surface area contributed by atoms with Crippen LogP contribution >= 0.6 is 11.8 Å². The summed E-state index contributed by atoms with van der Waals surface area (Å²) < 4.78 is 5.15. The Balaban J connectivity index is 1.95. The van der Waals surface area contributed by atoms with Crippen LogP contribution in [0.15, 0.2) is 53.4 Å². The highest BCUT2D eigenvalue weighted by Gasteiger charge is 2.36. The summed E-state index contributed by atoms with van der Waals surface area (Å²) in [5.74, 6) is 0.293. The van der Waals surface area contributed by atoms with Gasteiger partial charge in [0.05, 0.1) is 17.7 Å². The van der Waals surface area contributed by atoms with Crippen molar-refractivity contribution in [2.24, 2.45) is 0 Å². The first kappa shape index (κ1) is 15.4. The second kappa shape index (κ2) is 6.30. The van der Waals surface area contributed by atoms with Crippen molar-refractivity contribution >= 4 is 34.7 Å². The lowest BCUT2D eigenvalue weighted by Crippen LogP contribution is -2.27. The van der Waals surface area contributed by atoms with Gasteiger partial charge in [0.2, 0.25) is 0 Å². The normalized spacial score (nSPS) is 16.3. The van der Waals surface area contributed by atoms with E-state index in [1.807, 2.05) is 31.2 Å². The number of hydrogen-bond acceptors (Lipinski definition) is 4. The maximum Gasteiger partial charge on any atom is 0.298 e. The summed E-state index contributed by atoms with van der Waals surface area (Å²) in [6, 6.07) is 14.7. The molecule has 0 atom stereocenters. The van der Waals surface area contributed by atoms with E-state index in [-0.39, 0.29) is 11.1 Å². The maximum atomic E-state index is 12.6. The quantitative estimate of drug-likeness (QED) is 0.792. The summed E-state index contributed by atoms with van der Waals surface area (Å²) in [6.07, 6.45) is 1.76. The fourth-order valence-electron chi connectivity index (χ4n) is 2.33. The maximum absolute atomic E-state index is 12.6. The lowest BCUT2D eigenvalue weighted by atomic mass is 10.1. The van der Waals surface area contributed by atoms with Gasteiger partial charge in [0, 0.05) is 6.07 Å². The third kappa shape index (κ3) is 3.00. The van der Waals surface area contributed by atoms with Crippen molar-refractivity contribution in [1.29, 1.82) is 0 Å².